The number of hydrogen-bond acceptors (Lipinski definition) is 3. The van der Waals surface area contributed by atoms with Crippen LogP contribution in [0.3, 0.4) is 0 Å². The number of thiophene rings is 1. The molecule has 1 aromatic heterocycles. The van der Waals surface area contributed by atoms with Crippen molar-refractivity contribution in [2.24, 2.45) is 0 Å². The molecule has 104 valence electrons. The summed E-state index contributed by atoms with van der Waals surface area (Å²) in [4.78, 5) is 1.06. The maximum absolute atomic E-state index is 12.7. The highest BCUT2D eigenvalue weighted by atomic mass is 35.5. The Labute approximate surface area is 122 Å². The van der Waals surface area contributed by atoms with Crippen LogP contribution in [0.2, 0.25) is 0 Å². The van der Waals surface area contributed by atoms with E-state index in [4.69, 9.17) is 11.6 Å². The average molecular weight is 318 g/mol. The molecule has 0 saturated carbocycles. The predicted octanol–water partition coefficient (Wildman–Crippen LogP) is 3.67. The molecule has 0 saturated heterocycles. The molecule has 19 heavy (non-hydrogen) atoms. The first kappa shape index (κ1) is 14.8. The number of rotatable bonds is 4. The molecule has 0 N–H and O–H groups in total. The van der Waals surface area contributed by atoms with Crippen molar-refractivity contribution in [2.45, 2.75) is 30.7 Å². The number of fused-ring (bicyclic) bond motifs is 1. The first-order valence-electron chi connectivity index (χ1n) is 5.94. The number of sulfonamides is 1. The van der Waals surface area contributed by atoms with E-state index in [9.17, 15) is 8.42 Å². The first-order chi connectivity index (χ1) is 8.89. The van der Waals surface area contributed by atoms with E-state index < -0.39 is 10.0 Å². The fraction of sp³-hybridized carbons (Fsp3) is 0.385. The van der Waals surface area contributed by atoms with Gasteiger partial charge in [0, 0.05) is 28.1 Å². The van der Waals surface area contributed by atoms with Crippen LogP contribution in [0.1, 0.15) is 18.7 Å². The molecule has 3 nitrogen and oxygen atoms in total. The van der Waals surface area contributed by atoms with Crippen molar-refractivity contribution in [2.75, 3.05) is 7.05 Å². The molecule has 0 bridgehead atoms. The van der Waals surface area contributed by atoms with Crippen LogP contribution in [-0.2, 0) is 15.9 Å². The molecule has 0 spiro atoms. The van der Waals surface area contributed by atoms with E-state index in [0.717, 1.165) is 10.1 Å². The highest BCUT2D eigenvalue weighted by Gasteiger charge is 2.29. The van der Waals surface area contributed by atoms with Gasteiger partial charge in [0.1, 0.15) is 4.90 Å². The number of benzene rings is 1. The van der Waals surface area contributed by atoms with Gasteiger partial charge in [-0.05, 0) is 19.9 Å². The van der Waals surface area contributed by atoms with Crippen molar-refractivity contribution >= 4 is 43.0 Å². The molecule has 0 amide bonds. The highest BCUT2D eigenvalue weighted by Crippen LogP contribution is 2.37. The molecule has 0 radical (unpaired) electrons. The Morgan fingerprint density at radius 2 is 1.95 bits per heavy atom. The summed E-state index contributed by atoms with van der Waals surface area (Å²) in [6, 6.07) is 7.42. The molecular weight excluding hydrogens is 302 g/mol. The second kappa shape index (κ2) is 5.40. The Morgan fingerprint density at radius 1 is 1.32 bits per heavy atom. The first-order valence-corrected chi connectivity index (χ1v) is 8.73. The second-order valence-corrected chi connectivity index (χ2v) is 7.94. The van der Waals surface area contributed by atoms with E-state index in [1.165, 1.54) is 15.6 Å². The van der Waals surface area contributed by atoms with Crippen molar-refractivity contribution in [1.29, 1.82) is 0 Å². The summed E-state index contributed by atoms with van der Waals surface area (Å²) in [6.07, 6.45) is 0. The van der Waals surface area contributed by atoms with Crippen molar-refractivity contribution in [3.8, 4) is 0 Å². The number of nitrogens with zero attached hydrogens (tertiary/aromatic N) is 1. The van der Waals surface area contributed by atoms with Crippen molar-refractivity contribution in [3.05, 3.63) is 29.1 Å². The molecule has 0 unspecified atom stereocenters. The zero-order valence-corrected chi connectivity index (χ0v) is 13.4. The van der Waals surface area contributed by atoms with Gasteiger partial charge in [-0.15, -0.1) is 22.9 Å². The Kier molecular flexibility index (Phi) is 4.20. The maximum Gasteiger partial charge on any atom is 0.244 e. The number of hydrogen-bond donors (Lipinski definition) is 0. The normalized spacial score (nSPS) is 12.7. The molecule has 0 aliphatic rings. The summed E-state index contributed by atoms with van der Waals surface area (Å²) < 4.78 is 27.7. The third-order valence-corrected chi connectivity index (χ3v) is 6.99. The summed E-state index contributed by atoms with van der Waals surface area (Å²) in [5.74, 6) is 0.208. The largest absolute Gasteiger partial charge is 0.244 e. The maximum atomic E-state index is 12.7. The lowest BCUT2D eigenvalue weighted by molar-refractivity contribution is 0.411. The smallest absolute Gasteiger partial charge is 0.207 e. The summed E-state index contributed by atoms with van der Waals surface area (Å²) in [7, 11) is -1.90. The van der Waals surface area contributed by atoms with Crippen LogP contribution in [0.4, 0.5) is 0 Å². The van der Waals surface area contributed by atoms with Crippen LogP contribution in [0.25, 0.3) is 10.1 Å². The third-order valence-electron chi connectivity index (χ3n) is 3.10. The zero-order valence-electron chi connectivity index (χ0n) is 11.1. The minimum absolute atomic E-state index is 0.0909. The molecule has 1 heterocycles. The van der Waals surface area contributed by atoms with Gasteiger partial charge in [-0.3, -0.25) is 0 Å². The fourth-order valence-electron chi connectivity index (χ4n) is 1.86. The Morgan fingerprint density at radius 3 is 2.53 bits per heavy atom. The second-order valence-electron chi connectivity index (χ2n) is 4.60. The lowest BCUT2D eigenvalue weighted by Crippen LogP contribution is -2.33. The number of alkyl halides is 1. The molecule has 0 atom stereocenters. The Bertz CT molecular complexity index is 692. The van der Waals surface area contributed by atoms with Gasteiger partial charge in [0.15, 0.2) is 0 Å². The number of halogens is 1. The van der Waals surface area contributed by atoms with Gasteiger partial charge in [0.05, 0.1) is 5.88 Å². The van der Waals surface area contributed by atoms with Crippen LogP contribution in [0.15, 0.2) is 29.2 Å². The lowest BCUT2D eigenvalue weighted by atomic mass is 10.2. The third kappa shape index (κ3) is 2.52. The monoisotopic (exact) mass is 317 g/mol. The highest BCUT2D eigenvalue weighted by molar-refractivity contribution is 7.89. The van der Waals surface area contributed by atoms with Gasteiger partial charge >= 0.3 is 0 Å². The summed E-state index contributed by atoms with van der Waals surface area (Å²) in [6.45, 7) is 3.71. The quantitative estimate of drug-likeness (QED) is 0.807. The molecule has 0 fully saturated rings. The van der Waals surface area contributed by atoms with E-state index in [-0.39, 0.29) is 11.9 Å². The summed E-state index contributed by atoms with van der Waals surface area (Å²) in [5, 5.41) is 0.760. The van der Waals surface area contributed by atoms with Crippen LogP contribution < -0.4 is 0 Å². The minimum atomic E-state index is -3.50. The van der Waals surface area contributed by atoms with Crippen LogP contribution in [0, 0.1) is 0 Å². The van der Waals surface area contributed by atoms with E-state index in [1.54, 1.807) is 7.05 Å². The van der Waals surface area contributed by atoms with Gasteiger partial charge in [0.25, 0.3) is 0 Å². The van der Waals surface area contributed by atoms with Crippen molar-refractivity contribution < 1.29 is 8.42 Å². The van der Waals surface area contributed by atoms with Gasteiger partial charge < -0.3 is 0 Å². The van der Waals surface area contributed by atoms with Crippen LogP contribution in [-0.4, -0.2) is 25.8 Å². The molecule has 2 aromatic rings. The zero-order chi connectivity index (χ0) is 14.2. The van der Waals surface area contributed by atoms with Crippen molar-refractivity contribution in [3.63, 3.8) is 0 Å². The van der Waals surface area contributed by atoms with Gasteiger partial charge in [-0.2, -0.15) is 4.31 Å². The topological polar surface area (TPSA) is 37.4 Å². The lowest BCUT2D eigenvalue weighted by Gasteiger charge is -2.21. The standard InChI is InChI=1S/C13H16ClNO2S2/c1-9(2)15(3)19(16,17)13-10-6-4-5-7-11(10)18-12(13)8-14/h4-7,9H,8H2,1-3H3. The van der Waals surface area contributed by atoms with Gasteiger partial charge in [-0.25, -0.2) is 8.42 Å². The molecular formula is C13H16ClNO2S2. The predicted molar refractivity (Wildman–Crippen MR) is 81.5 cm³/mol. The molecule has 0 aliphatic carbocycles. The molecule has 6 heteroatoms. The van der Waals surface area contributed by atoms with Crippen LogP contribution in [0.5, 0.6) is 0 Å². The van der Waals surface area contributed by atoms with E-state index >= 15 is 0 Å². The van der Waals surface area contributed by atoms with E-state index in [1.807, 2.05) is 38.1 Å². The summed E-state index contributed by atoms with van der Waals surface area (Å²) >= 11 is 7.36. The van der Waals surface area contributed by atoms with Crippen molar-refractivity contribution in [1.82, 2.24) is 4.31 Å². The molecule has 1 aromatic carbocycles. The average Bonchev–Trinajstić information content (AvgIpc) is 2.76. The van der Waals surface area contributed by atoms with E-state index in [2.05, 4.69) is 0 Å². The van der Waals surface area contributed by atoms with Gasteiger partial charge in [0.2, 0.25) is 10.0 Å². The molecule has 2 rings (SSSR count). The van der Waals surface area contributed by atoms with Gasteiger partial charge in [-0.1, -0.05) is 18.2 Å². The van der Waals surface area contributed by atoms with E-state index in [0.29, 0.717) is 9.77 Å². The Hall–Kier alpha value is -0.620. The fourth-order valence-corrected chi connectivity index (χ4v) is 5.36. The van der Waals surface area contributed by atoms with Crippen LogP contribution >= 0.6 is 22.9 Å². The minimum Gasteiger partial charge on any atom is -0.207 e. The SMILES string of the molecule is CC(C)N(C)S(=O)(=O)c1c(CCl)sc2ccccc12. The Balaban J connectivity index is 2.74. The summed E-state index contributed by atoms with van der Waals surface area (Å²) in [5.41, 5.74) is 0. The molecule has 0 aliphatic heterocycles.